The quantitative estimate of drug-likeness (QED) is 0.265. The maximum absolute atomic E-state index is 15.1. The maximum atomic E-state index is 15.1. The highest BCUT2D eigenvalue weighted by atomic mass is 19.2. The van der Waals surface area contributed by atoms with Gasteiger partial charge in [-0.3, -0.25) is 0 Å². The van der Waals surface area contributed by atoms with Gasteiger partial charge in [-0.05, 0) is 25.7 Å². The van der Waals surface area contributed by atoms with Gasteiger partial charge in [0.1, 0.15) is 23.3 Å². The third-order valence-corrected chi connectivity index (χ3v) is 5.73. The molecule has 2 fully saturated rings. The van der Waals surface area contributed by atoms with E-state index in [-0.39, 0.29) is 0 Å². The van der Waals surface area contributed by atoms with Crippen molar-refractivity contribution < 1.29 is 43.9 Å². The van der Waals surface area contributed by atoms with Crippen LogP contribution in [0.1, 0.15) is 0 Å². The summed E-state index contributed by atoms with van der Waals surface area (Å²) >= 11 is 0. The van der Waals surface area contributed by atoms with Gasteiger partial charge in [0.05, 0.1) is 6.15 Å². The van der Waals surface area contributed by atoms with Crippen LogP contribution in [0.3, 0.4) is 0 Å². The van der Waals surface area contributed by atoms with E-state index in [1.54, 1.807) is 0 Å². The molecule has 4 rings (SSSR count). The molecular weight excluding hydrogens is 465 g/mol. The molecule has 11 heteroatoms. The van der Waals surface area contributed by atoms with E-state index in [2.05, 4.69) is 0 Å². The molecule has 0 saturated heterocycles. The molecule has 33 heavy (non-hydrogen) atoms. The van der Waals surface area contributed by atoms with E-state index in [1.807, 2.05) is 0 Å². The Morgan fingerprint density at radius 2 is 0.545 bits per heavy atom. The van der Waals surface area contributed by atoms with Gasteiger partial charge in [0, 0.05) is 0 Å². The van der Waals surface area contributed by atoms with Crippen LogP contribution in [0.2, 0.25) is 0 Å². The minimum Gasteiger partial charge on any atom is -0.207 e. The predicted octanol–water partition coefficient (Wildman–Crippen LogP) is 4.53. The molecule has 0 bridgehead atoms. The van der Waals surface area contributed by atoms with Crippen molar-refractivity contribution in [1.82, 2.24) is 0 Å². The van der Waals surface area contributed by atoms with E-state index < -0.39 is 86.9 Å². The van der Waals surface area contributed by atoms with Gasteiger partial charge in [-0.1, -0.05) is 25.7 Å². The Morgan fingerprint density at radius 3 is 0.788 bits per heavy atom. The standard InChI is InChI=1S/C22H8BF10/c24-13-11(14(25)18(29)21(32)17(13)28)23(9-5-1-2-6-9,10-7-3-4-8-10)12-15(26)19(30)22(33)20(31)16(12)27/h1-8H/q-1. The van der Waals surface area contributed by atoms with Crippen molar-refractivity contribution in [3.8, 4) is 0 Å². The van der Waals surface area contributed by atoms with Gasteiger partial charge >= 0.3 is 0 Å². The first-order chi connectivity index (χ1) is 15.6. The molecule has 0 spiro atoms. The van der Waals surface area contributed by atoms with Gasteiger partial charge < -0.3 is 0 Å². The van der Waals surface area contributed by atoms with Crippen LogP contribution in [0, 0.1) is 121 Å². The van der Waals surface area contributed by atoms with Gasteiger partial charge in [-0.25, -0.2) is 43.9 Å². The highest BCUT2D eigenvalue weighted by molar-refractivity contribution is 7.11. The molecule has 0 aliphatic heterocycles. The zero-order chi connectivity index (χ0) is 24.2. The predicted molar refractivity (Wildman–Crippen MR) is 98.4 cm³/mol. The third-order valence-electron chi connectivity index (χ3n) is 5.73. The van der Waals surface area contributed by atoms with Crippen molar-refractivity contribution in [3.05, 3.63) is 121 Å². The second-order valence-electron chi connectivity index (χ2n) is 7.27. The van der Waals surface area contributed by atoms with Crippen molar-refractivity contribution in [2.24, 2.45) is 0 Å². The highest BCUT2D eigenvalue weighted by Crippen LogP contribution is 2.45. The summed E-state index contributed by atoms with van der Waals surface area (Å²) in [5, 5.41) is 0. The molecule has 2 aliphatic carbocycles. The minimum absolute atomic E-state index is 0.451. The summed E-state index contributed by atoms with van der Waals surface area (Å²) in [6, 6.07) is 0. The lowest BCUT2D eigenvalue weighted by Crippen LogP contribution is -2.71. The Morgan fingerprint density at radius 1 is 0.333 bits per heavy atom. The largest absolute Gasteiger partial charge is 0.207 e. The average molecular weight is 473 g/mol. The van der Waals surface area contributed by atoms with Crippen LogP contribution in [0.4, 0.5) is 43.9 Å². The molecular formula is C22H8BF10-. The lowest BCUT2D eigenvalue weighted by molar-refractivity contribution is 0.381. The van der Waals surface area contributed by atoms with Crippen molar-refractivity contribution in [2.45, 2.75) is 0 Å². The fourth-order valence-corrected chi connectivity index (χ4v) is 4.36. The number of hydrogen-bond acceptors (Lipinski definition) is 0. The summed E-state index contributed by atoms with van der Waals surface area (Å²) in [4.78, 5) is 0. The van der Waals surface area contributed by atoms with E-state index in [1.165, 1.54) is 25.7 Å². The maximum Gasteiger partial charge on any atom is 0.200 e. The zero-order valence-corrected chi connectivity index (χ0v) is 16.0. The summed E-state index contributed by atoms with van der Waals surface area (Å²) in [7, 11) is 0. The van der Waals surface area contributed by atoms with Crippen LogP contribution >= 0.6 is 0 Å². The molecule has 0 atom stereocenters. The number of hydrogen-bond donors (Lipinski definition) is 0. The van der Waals surface area contributed by atoms with Crippen molar-refractivity contribution in [3.63, 3.8) is 0 Å². The summed E-state index contributed by atoms with van der Waals surface area (Å²) in [5.74, 6) is -25.7. The average Bonchev–Trinajstić information content (AvgIpc) is 3.53. The van der Waals surface area contributed by atoms with Gasteiger partial charge in [0.2, 0.25) is 0 Å². The summed E-state index contributed by atoms with van der Waals surface area (Å²) in [5.41, 5.74) is -3.49. The third kappa shape index (κ3) is 3.28. The lowest BCUT2D eigenvalue weighted by atomic mass is 9.07. The monoisotopic (exact) mass is 473 g/mol. The molecule has 0 amide bonds. The molecule has 0 nitrogen and oxygen atoms in total. The van der Waals surface area contributed by atoms with Crippen molar-refractivity contribution >= 4 is 17.1 Å². The Labute approximate surface area is 182 Å². The topological polar surface area (TPSA) is 0 Å². The highest BCUT2D eigenvalue weighted by Gasteiger charge is 2.51. The van der Waals surface area contributed by atoms with Crippen LogP contribution in [0.5, 0.6) is 0 Å². The Balaban J connectivity index is 2.24. The van der Waals surface area contributed by atoms with Crippen LogP contribution < -0.4 is 10.9 Å². The molecule has 2 aromatic carbocycles. The summed E-state index contributed by atoms with van der Waals surface area (Å²) in [6.45, 7) is 0. The van der Waals surface area contributed by atoms with E-state index >= 15 is 17.6 Å². The van der Waals surface area contributed by atoms with Crippen molar-refractivity contribution in [1.29, 1.82) is 0 Å². The van der Waals surface area contributed by atoms with E-state index in [0.29, 0.717) is 0 Å². The van der Waals surface area contributed by atoms with Gasteiger partial charge in [-0.2, -0.15) is 11.6 Å². The SMILES string of the molecule is Fc1c(F)c(F)c([B-]([C]2[CH][CH][CH][CH]2)([C]2[CH][CH][CH][CH]2)c2c(F)c(F)c(F)c(F)c2F)c(F)c1F. The summed E-state index contributed by atoms with van der Waals surface area (Å²) in [6.07, 6.45) is 4.74. The van der Waals surface area contributed by atoms with Crippen molar-refractivity contribution in [2.75, 3.05) is 0 Å². The molecule has 170 valence electrons. The van der Waals surface area contributed by atoms with Gasteiger partial charge in [0.15, 0.2) is 34.9 Å². The van der Waals surface area contributed by atoms with Gasteiger partial charge in [-0.15, -0.1) is 10.9 Å². The smallest absolute Gasteiger partial charge is 0.200 e. The van der Waals surface area contributed by atoms with E-state index in [4.69, 9.17) is 0 Å². The molecule has 2 saturated carbocycles. The fourth-order valence-electron chi connectivity index (χ4n) is 4.36. The second kappa shape index (κ2) is 8.54. The zero-order valence-electron chi connectivity index (χ0n) is 16.0. The van der Waals surface area contributed by atoms with E-state index in [9.17, 15) is 26.3 Å². The number of benzene rings is 2. The number of halogens is 10. The molecule has 2 aromatic rings. The molecule has 10 radical (unpaired) electrons. The van der Waals surface area contributed by atoms with Crippen LogP contribution in [-0.2, 0) is 0 Å². The molecule has 0 unspecified atom stereocenters. The van der Waals surface area contributed by atoms with Crippen LogP contribution in [0.15, 0.2) is 0 Å². The van der Waals surface area contributed by atoms with Gasteiger partial charge in [0.25, 0.3) is 0 Å². The molecule has 2 aliphatic rings. The summed E-state index contributed by atoms with van der Waals surface area (Å²) < 4.78 is 145. The fraction of sp³-hybridized carbons (Fsp3) is 0. The Bertz CT molecular complexity index is 958. The Hall–Kier alpha value is -2.20. The first-order valence-electron chi connectivity index (χ1n) is 9.20. The first kappa shape index (κ1) is 23.9. The Kier molecular flexibility index (Phi) is 6.20. The molecule has 0 heterocycles. The number of rotatable bonds is 4. The first-order valence-corrected chi connectivity index (χ1v) is 9.20. The molecule has 0 N–H and O–H groups in total. The normalized spacial score (nSPS) is 18.0. The van der Waals surface area contributed by atoms with Crippen LogP contribution in [-0.4, -0.2) is 6.15 Å². The minimum atomic E-state index is -4.14. The van der Waals surface area contributed by atoms with Crippen LogP contribution in [0.25, 0.3) is 0 Å². The second-order valence-corrected chi connectivity index (χ2v) is 7.27. The lowest BCUT2D eigenvalue weighted by Gasteiger charge is -2.52. The van der Waals surface area contributed by atoms with E-state index in [0.717, 1.165) is 25.7 Å². The molecule has 0 aromatic heterocycles.